The summed E-state index contributed by atoms with van der Waals surface area (Å²) in [6.45, 7) is 2.39. The molecule has 0 bridgehead atoms. The van der Waals surface area contributed by atoms with E-state index in [2.05, 4.69) is 5.32 Å². The molecule has 0 aliphatic heterocycles. The van der Waals surface area contributed by atoms with Crippen molar-refractivity contribution in [2.45, 2.75) is 13.3 Å². The van der Waals surface area contributed by atoms with E-state index in [4.69, 9.17) is 4.74 Å². The predicted octanol–water partition coefficient (Wildman–Crippen LogP) is -0.997. The van der Waals surface area contributed by atoms with Crippen molar-refractivity contribution in [2.75, 3.05) is 18.5 Å². The molecule has 0 amide bonds. The minimum absolute atomic E-state index is 0.0374. The topological polar surface area (TPSA) is 102 Å². The summed E-state index contributed by atoms with van der Waals surface area (Å²) in [6.07, 6.45) is -0.577. The zero-order valence-corrected chi connectivity index (χ0v) is 10.5. The van der Waals surface area contributed by atoms with Crippen LogP contribution in [0.4, 0.5) is 5.69 Å². The Labute approximate surface area is 111 Å². The van der Waals surface area contributed by atoms with Crippen LogP contribution in [0.1, 0.15) is 13.3 Å². The van der Waals surface area contributed by atoms with Gasteiger partial charge in [-0.2, -0.15) is 0 Å². The molecule has 1 unspecified atom stereocenters. The molecule has 0 saturated heterocycles. The summed E-state index contributed by atoms with van der Waals surface area (Å²) in [7, 11) is 0. The van der Waals surface area contributed by atoms with Crippen LogP contribution in [0.25, 0.3) is 0 Å². The average Bonchev–Trinajstić information content (AvgIpc) is 2.36. The summed E-state index contributed by atoms with van der Waals surface area (Å²) in [6, 6.07) is 6.91. The Morgan fingerprint density at radius 1 is 1.26 bits per heavy atom. The Kier molecular flexibility index (Phi) is 5.66. The summed E-state index contributed by atoms with van der Waals surface area (Å²) in [5.41, 5.74) is 0.674. The van der Waals surface area contributed by atoms with Gasteiger partial charge in [-0.15, -0.1) is 0 Å². The molecule has 0 fully saturated rings. The Morgan fingerprint density at radius 3 is 2.37 bits per heavy atom. The highest BCUT2D eigenvalue weighted by atomic mass is 16.5. The van der Waals surface area contributed by atoms with Gasteiger partial charge >= 0.3 is 0 Å². The predicted molar refractivity (Wildman–Crippen MR) is 64.2 cm³/mol. The molecule has 0 aromatic heterocycles. The first-order chi connectivity index (χ1) is 9.02. The van der Waals surface area contributed by atoms with Crippen molar-refractivity contribution in [3.05, 3.63) is 24.3 Å². The van der Waals surface area contributed by atoms with Gasteiger partial charge in [-0.3, -0.25) is 0 Å². The lowest BCUT2D eigenvalue weighted by molar-refractivity contribution is -0.320. The Morgan fingerprint density at radius 2 is 1.89 bits per heavy atom. The molecule has 0 aliphatic carbocycles. The number of ether oxygens (including phenoxy) is 1. The molecular weight excluding hydrogens is 250 g/mol. The van der Waals surface area contributed by atoms with Crippen LogP contribution < -0.4 is 20.3 Å². The summed E-state index contributed by atoms with van der Waals surface area (Å²) in [4.78, 5) is 21.1. The van der Waals surface area contributed by atoms with Gasteiger partial charge in [0.05, 0.1) is 6.61 Å². The van der Waals surface area contributed by atoms with Gasteiger partial charge < -0.3 is 29.9 Å². The van der Waals surface area contributed by atoms with Crippen LogP contribution >= 0.6 is 0 Å². The van der Waals surface area contributed by atoms with Gasteiger partial charge in [0.2, 0.25) is 0 Å². The van der Waals surface area contributed by atoms with E-state index in [1.807, 2.05) is 6.92 Å². The zero-order chi connectivity index (χ0) is 14.3. The molecule has 104 valence electrons. The van der Waals surface area contributed by atoms with Crippen molar-refractivity contribution in [1.29, 1.82) is 0 Å². The molecule has 0 heterocycles. The second-order valence-electron chi connectivity index (χ2n) is 3.93. The summed E-state index contributed by atoms with van der Waals surface area (Å²) >= 11 is 0. The molecular formula is C13H15NO5-2. The highest BCUT2D eigenvalue weighted by molar-refractivity contribution is 5.76. The fourth-order valence-corrected chi connectivity index (χ4v) is 1.52. The fraction of sp³-hybridized carbons (Fsp3) is 0.385. The van der Waals surface area contributed by atoms with Crippen LogP contribution in [0.15, 0.2) is 24.3 Å². The number of carbonyl (C=O) groups is 2. The average molecular weight is 265 g/mol. The monoisotopic (exact) mass is 265 g/mol. The fourth-order valence-electron chi connectivity index (χ4n) is 1.52. The maximum atomic E-state index is 10.7. The molecule has 1 rings (SSSR count). The molecule has 19 heavy (non-hydrogen) atoms. The minimum atomic E-state index is -1.41. The first kappa shape index (κ1) is 14.8. The normalized spacial score (nSPS) is 11.6. The number of hydrogen-bond acceptors (Lipinski definition) is 6. The molecule has 6 nitrogen and oxygen atoms in total. The van der Waals surface area contributed by atoms with Crippen LogP contribution in [-0.2, 0) is 9.59 Å². The van der Waals surface area contributed by atoms with Crippen molar-refractivity contribution >= 4 is 17.6 Å². The smallest absolute Gasteiger partial charge is 0.119 e. The number of rotatable bonds is 8. The Hall–Kier alpha value is -2.24. The van der Waals surface area contributed by atoms with Gasteiger partial charge in [-0.1, -0.05) is 0 Å². The van der Waals surface area contributed by atoms with Gasteiger partial charge in [0, 0.05) is 30.1 Å². The van der Waals surface area contributed by atoms with Gasteiger partial charge in [0.15, 0.2) is 0 Å². The number of carbonyl (C=O) groups excluding carboxylic acids is 2. The molecule has 6 heteroatoms. The number of nitrogens with one attached hydrogen (secondary N) is 1. The van der Waals surface area contributed by atoms with Crippen LogP contribution in [0.5, 0.6) is 5.75 Å². The third-order valence-corrected chi connectivity index (χ3v) is 2.46. The zero-order valence-electron chi connectivity index (χ0n) is 10.5. The first-order valence-electron chi connectivity index (χ1n) is 5.90. The number of anilines is 1. The van der Waals surface area contributed by atoms with Crippen LogP contribution in [0, 0.1) is 5.92 Å². The Bertz CT molecular complexity index is 429. The van der Waals surface area contributed by atoms with Gasteiger partial charge in [-0.05, 0) is 37.6 Å². The molecule has 1 N–H and O–H groups in total. The molecule has 0 radical (unpaired) electrons. The SMILES string of the molecule is CCOc1ccc(NCC(CC(=O)[O-])C(=O)[O-])cc1. The van der Waals surface area contributed by atoms with E-state index in [9.17, 15) is 19.8 Å². The highest BCUT2D eigenvalue weighted by Gasteiger charge is 2.10. The molecule has 0 spiro atoms. The van der Waals surface area contributed by atoms with E-state index in [1.54, 1.807) is 24.3 Å². The van der Waals surface area contributed by atoms with Crippen molar-refractivity contribution in [3.8, 4) is 5.75 Å². The van der Waals surface area contributed by atoms with Crippen molar-refractivity contribution in [1.82, 2.24) is 0 Å². The lowest BCUT2D eigenvalue weighted by Crippen LogP contribution is -2.39. The molecule has 1 aromatic rings. The number of carboxylic acids is 2. The minimum Gasteiger partial charge on any atom is -0.550 e. The van der Waals surface area contributed by atoms with Gasteiger partial charge in [-0.25, -0.2) is 0 Å². The molecule has 1 atom stereocenters. The van der Waals surface area contributed by atoms with E-state index in [0.29, 0.717) is 18.0 Å². The maximum absolute atomic E-state index is 10.7. The van der Waals surface area contributed by atoms with Gasteiger partial charge in [0.25, 0.3) is 0 Å². The molecule has 0 aliphatic rings. The van der Waals surface area contributed by atoms with Gasteiger partial charge in [0.1, 0.15) is 5.75 Å². The molecule has 0 saturated carbocycles. The first-order valence-corrected chi connectivity index (χ1v) is 5.90. The van der Waals surface area contributed by atoms with E-state index in [1.165, 1.54) is 0 Å². The summed E-state index contributed by atoms with van der Waals surface area (Å²) < 4.78 is 5.26. The van der Waals surface area contributed by atoms with Crippen molar-refractivity contribution in [3.63, 3.8) is 0 Å². The maximum Gasteiger partial charge on any atom is 0.119 e. The third-order valence-electron chi connectivity index (χ3n) is 2.46. The third kappa shape index (κ3) is 5.29. The summed E-state index contributed by atoms with van der Waals surface area (Å²) in [5, 5.41) is 24.0. The number of hydrogen-bond donors (Lipinski definition) is 1. The van der Waals surface area contributed by atoms with Crippen LogP contribution in [-0.4, -0.2) is 25.1 Å². The molecule has 1 aromatic carbocycles. The lowest BCUT2D eigenvalue weighted by Gasteiger charge is -2.19. The number of aliphatic carboxylic acids is 2. The quantitative estimate of drug-likeness (QED) is 0.647. The standard InChI is InChI=1S/C13H17NO5/c1-2-19-11-5-3-10(4-6-11)14-8-9(13(17)18)7-12(15)16/h3-6,9,14H,2,7-8H2,1H3,(H,15,16)(H,17,18)/p-2. The van der Waals surface area contributed by atoms with E-state index >= 15 is 0 Å². The Balaban J connectivity index is 2.54. The summed E-state index contributed by atoms with van der Waals surface area (Å²) in [5.74, 6) is -3.25. The van der Waals surface area contributed by atoms with Crippen LogP contribution in [0.3, 0.4) is 0 Å². The largest absolute Gasteiger partial charge is 0.550 e. The lowest BCUT2D eigenvalue weighted by atomic mass is 10.1. The van der Waals surface area contributed by atoms with E-state index in [-0.39, 0.29) is 6.54 Å². The van der Waals surface area contributed by atoms with Crippen molar-refractivity contribution in [2.24, 2.45) is 5.92 Å². The van der Waals surface area contributed by atoms with Crippen LogP contribution in [0.2, 0.25) is 0 Å². The van der Waals surface area contributed by atoms with Crippen molar-refractivity contribution < 1.29 is 24.5 Å². The number of benzene rings is 1. The van der Waals surface area contributed by atoms with E-state index in [0.717, 1.165) is 0 Å². The second kappa shape index (κ2) is 7.25. The van der Waals surface area contributed by atoms with E-state index < -0.39 is 24.3 Å². The second-order valence-corrected chi connectivity index (χ2v) is 3.93. The highest BCUT2D eigenvalue weighted by Crippen LogP contribution is 2.16. The number of carboxylic acid groups (broad SMARTS) is 2.